The van der Waals surface area contributed by atoms with E-state index in [9.17, 15) is 10.1 Å². The van der Waals surface area contributed by atoms with Gasteiger partial charge >= 0.3 is 5.69 Å². The summed E-state index contributed by atoms with van der Waals surface area (Å²) in [7, 11) is 1.44. The highest BCUT2D eigenvalue weighted by Crippen LogP contribution is 2.28. The molecule has 0 amide bonds. The summed E-state index contributed by atoms with van der Waals surface area (Å²) in [5.74, 6) is 0.287. The van der Waals surface area contributed by atoms with E-state index in [0.29, 0.717) is 6.54 Å². The molecule has 1 unspecified atom stereocenters. The van der Waals surface area contributed by atoms with Crippen molar-refractivity contribution in [1.29, 1.82) is 0 Å². The van der Waals surface area contributed by atoms with Crippen LogP contribution in [0.1, 0.15) is 18.4 Å². The van der Waals surface area contributed by atoms with Crippen molar-refractivity contribution in [2.24, 2.45) is 0 Å². The van der Waals surface area contributed by atoms with Gasteiger partial charge in [-0.25, -0.2) is 0 Å². The maximum atomic E-state index is 11.0. The Morgan fingerprint density at radius 2 is 2.30 bits per heavy atom. The number of nitrogens with one attached hydrogen (secondary N) is 1. The van der Waals surface area contributed by atoms with E-state index in [4.69, 9.17) is 9.47 Å². The number of ether oxygens (including phenoxy) is 2. The molecule has 0 spiro atoms. The number of nitrogens with zero attached hydrogens (tertiary/aromatic N) is 2. The molecule has 1 N–H and O–H groups in total. The molecule has 23 heavy (non-hydrogen) atoms. The van der Waals surface area contributed by atoms with Gasteiger partial charge in [-0.3, -0.25) is 15.0 Å². The maximum Gasteiger partial charge on any atom is 0.311 e. The summed E-state index contributed by atoms with van der Waals surface area (Å²) in [6, 6.07) is 5.81. The molecule has 0 aromatic heterocycles. The summed E-state index contributed by atoms with van der Waals surface area (Å²) in [6.07, 6.45) is 2.82. The highest BCUT2D eigenvalue weighted by Gasteiger charge is 2.32. The zero-order valence-electron chi connectivity index (χ0n) is 13.4. The highest BCUT2D eigenvalue weighted by atomic mass is 16.6. The molecule has 7 heteroatoms. The first kappa shape index (κ1) is 16.2. The van der Waals surface area contributed by atoms with Crippen LogP contribution in [0.15, 0.2) is 18.2 Å². The molecule has 1 aromatic carbocycles. The van der Waals surface area contributed by atoms with E-state index in [1.54, 1.807) is 12.1 Å². The van der Waals surface area contributed by atoms with E-state index < -0.39 is 4.92 Å². The Bertz CT molecular complexity index is 562. The van der Waals surface area contributed by atoms with Gasteiger partial charge in [-0.15, -0.1) is 0 Å². The van der Waals surface area contributed by atoms with Crippen LogP contribution in [-0.2, 0) is 11.3 Å². The first-order valence-corrected chi connectivity index (χ1v) is 8.05. The van der Waals surface area contributed by atoms with Crippen molar-refractivity contribution in [2.45, 2.75) is 31.5 Å². The Balaban J connectivity index is 1.50. The second-order valence-electron chi connectivity index (χ2n) is 6.11. The number of hydrogen-bond acceptors (Lipinski definition) is 6. The molecule has 1 aliphatic heterocycles. The number of nitro benzene ring substituents is 1. The molecule has 0 radical (unpaired) electrons. The van der Waals surface area contributed by atoms with Crippen LogP contribution < -0.4 is 10.1 Å². The lowest BCUT2D eigenvalue weighted by Crippen LogP contribution is -2.47. The lowest BCUT2D eigenvalue weighted by atomic mass is 10.2. The standard InChI is InChI=1S/C16H23N3O4/c1-22-16-5-2-12(8-15(16)19(20)21)9-17-10-14-11-18(6-7-23-14)13-3-4-13/h2,5,8,13-14,17H,3-4,6-7,9-11H2,1H3. The predicted molar refractivity (Wildman–Crippen MR) is 85.7 cm³/mol. The van der Waals surface area contributed by atoms with Crippen molar-refractivity contribution >= 4 is 5.69 Å². The maximum absolute atomic E-state index is 11.0. The largest absolute Gasteiger partial charge is 0.490 e. The Kier molecular flexibility index (Phi) is 5.09. The second kappa shape index (κ2) is 7.25. The number of benzene rings is 1. The van der Waals surface area contributed by atoms with Crippen LogP contribution >= 0.6 is 0 Å². The number of methoxy groups -OCH3 is 1. The third-order valence-electron chi connectivity index (χ3n) is 4.37. The Morgan fingerprint density at radius 3 is 3.00 bits per heavy atom. The van der Waals surface area contributed by atoms with Gasteiger partial charge in [0, 0.05) is 38.3 Å². The van der Waals surface area contributed by atoms with E-state index in [0.717, 1.165) is 37.8 Å². The van der Waals surface area contributed by atoms with Crippen molar-refractivity contribution in [3.8, 4) is 5.75 Å². The van der Waals surface area contributed by atoms with Crippen LogP contribution in [0.5, 0.6) is 5.75 Å². The molecule has 126 valence electrons. The Morgan fingerprint density at radius 1 is 1.48 bits per heavy atom. The molecule has 1 heterocycles. The second-order valence-corrected chi connectivity index (χ2v) is 6.11. The van der Waals surface area contributed by atoms with E-state index in [1.165, 1.54) is 20.0 Å². The summed E-state index contributed by atoms with van der Waals surface area (Å²) in [4.78, 5) is 13.1. The summed E-state index contributed by atoms with van der Waals surface area (Å²) in [6.45, 7) is 4.13. The average molecular weight is 321 g/mol. The molecule has 7 nitrogen and oxygen atoms in total. The van der Waals surface area contributed by atoms with Crippen LogP contribution in [-0.4, -0.2) is 55.3 Å². The van der Waals surface area contributed by atoms with Gasteiger partial charge in [-0.05, 0) is 24.5 Å². The molecular formula is C16H23N3O4. The molecule has 2 fully saturated rings. The van der Waals surface area contributed by atoms with E-state index >= 15 is 0 Å². The van der Waals surface area contributed by atoms with Crippen LogP contribution in [0.3, 0.4) is 0 Å². The molecular weight excluding hydrogens is 298 g/mol. The molecule has 0 bridgehead atoms. The molecule has 1 saturated heterocycles. The molecule has 1 aliphatic carbocycles. The SMILES string of the molecule is COc1ccc(CNCC2CN(C3CC3)CCO2)cc1[N+](=O)[O-]. The van der Waals surface area contributed by atoms with Crippen LogP contribution in [0.2, 0.25) is 0 Å². The van der Waals surface area contributed by atoms with E-state index in [1.807, 2.05) is 6.07 Å². The van der Waals surface area contributed by atoms with Crippen molar-refractivity contribution in [3.63, 3.8) is 0 Å². The first-order valence-electron chi connectivity index (χ1n) is 8.05. The van der Waals surface area contributed by atoms with Crippen LogP contribution in [0, 0.1) is 10.1 Å². The van der Waals surface area contributed by atoms with Crippen LogP contribution in [0.25, 0.3) is 0 Å². The monoisotopic (exact) mass is 321 g/mol. The molecule has 1 saturated carbocycles. The number of rotatable bonds is 7. The quantitative estimate of drug-likeness (QED) is 0.606. The summed E-state index contributed by atoms with van der Waals surface area (Å²) in [5.41, 5.74) is 0.869. The lowest BCUT2D eigenvalue weighted by Gasteiger charge is -2.33. The zero-order valence-corrected chi connectivity index (χ0v) is 13.4. The van der Waals surface area contributed by atoms with Crippen molar-refractivity contribution < 1.29 is 14.4 Å². The van der Waals surface area contributed by atoms with Gasteiger partial charge in [-0.2, -0.15) is 0 Å². The van der Waals surface area contributed by atoms with Crippen molar-refractivity contribution in [3.05, 3.63) is 33.9 Å². The normalized spacial score (nSPS) is 22.0. The number of nitro groups is 1. The fraction of sp³-hybridized carbons (Fsp3) is 0.625. The highest BCUT2D eigenvalue weighted by molar-refractivity contribution is 5.48. The van der Waals surface area contributed by atoms with Gasteiger partial charge in [0.1, 0.15) is 0 Å². The van der Waals surface area contributed by atoms with Crippen molar-refractivity contribution in [1.82, 2.24) is 10.2 Å². The van der Waals surface area contributed by atoms with Crippen molar-refractivity contribution in [2.75, 3.05) is 33.4 Å². The Labute approximate surface area is 135 Å². The molecule has 1 atom stereocenters. The number of morpholine rings is 1. The minimum absolute atomic E-state index is 0.000579. The van der Waals surface area contributed by atoms with E-state index in [2.05, 4.69) is 10.2 Å². The number of hydrogen-bond donors (Lipinski definition) is 1. The molecule has 1 aromatic rings. The predicted octanol–water partition coefficient (Wildman–Crippen LogP) is 1.56. The van der Waals surface area contributed by atoms with Gasteiger partial charge in [-0.1, -0.05) is 6.07 Å². The van der Waals surface area contributed by atoms with Gasteiger partial charge in [0.2, 0.25) is 0 Å². The summed E-state index contributed by atoms with van der Waals surface area (Å²) in [5, 5.41) is 14.4. The zero-order chi connectivity index (χ0) is 16.2. The molecule has 3 rings (SSSR count). The fourth-order valence-corrected chi connectivity index (χ4v) is 3.00. The Hall–Kier alpha value is -1.70. The van der Waals surface area contributed by atoms with Gasteiger partial charge in [0.25, 0.3) is 0 Å². The summed E-state index contributed by atoms with van der Waals surface area (Å²) < 4.78 is 10.8. The van der Waals surface area contributed by atoms with Gasteiger partial charge in [0.05, 0.1) is 24.7 Å². The van der Waals surface area contributed by atoms with Gasteiger partial charge in [0.15, 0.2) is 5.75 Å². The first-order chi connectivity index (χ1) is 11.2. The van der Waals surface area contributed by atoms with E-state index in [-0.39, 0.29) is 17.5 Å². The molecule has 2 aliphatic rings. The summed E-state index contributed by atoms with van der Waals surface area (Å²) >= 11 is 0. The topological polar surface area (TPSA) is 76.9 Å². The average Bonchev–Trinajstić information content (AvgIpc) is 3.40. The minimum atomic E-state index is -0.417. The van der Waals surface area contributed by atoms with Gasteiger partial charge < -0.3 is 14.8 Å². The lowest BCUT2D eigenvalue weighted by molar-refractivity contribution is -0.385. The fourth-order valence-electron chi connectivity index (χ4n) is 3.00. The minimum Gasteiger partial charge on any atom is -0.490 e. The van der Waals surface area contributed by atoms with Crippen LogP contribution in [0.4, 0.5) is 5.69 Å². The smallest absolute Gasteiger partial charge is 0.311 e. The third-order valence-corrected chi connectivity index (χ3v) is 4.37. The third kappa shape index (κ3) is 4.19.